The molecule has 0 rings (SSSR count). The summed E-state index contributed by atoms with van der Waals surface area (Å²) in [6.07, 6.45) is 30.8. The second kappa shape index (κ2) is 30.4. The number of rotatable bonds is 30. The van der Waals surface area contributed by atoms with Gasteiger partial charge in [0.1, 0.15) is 6.17 Å². The predicted molar refractivity (Wildman–Crippen MR) is 165 cm³/mol. The molecule has 0 aromatic rings. The molecule has 226 valence electrons. The van der Waals surface area contributed by atoms with Crippen LogP contribution in [-0.2, 0) is 9.59 Å². The Bertz CT molecular complexity index is 472. The molecule has 0 aliphatic carbocycles. The third-order valence-electron chi connectivity index (χ3n) is 7.60. The Morgan fingerprint density at radius 1 is 0.474 bits per heavy atom. The average Bonchev–Trinajstić information content (AvgIpc) is 2.90. The quantitative estimate of drug-likeness (QED) is 0.0632. The normalized spacial score (nSPS) is 11.3. The Balaban J connectivity index is 3.90. The topological polar surface area (TPSA) is 70.2 Å². The maximum Gasteiger partial charge on any atom is 0.221 e. The van der Waals surface area contributed by atoms with E-state index in [9.17, 15) is 9.59 Å². The van der Waals surface area contributed by atoms with Crippen molar-refractivity contribution >= 4 is 11.8 Å². The van der Waals surface area contributed by atoms with Gasteiger partial charge >= 0.3 is 0 Å². The standard InChI is InChI=1S/C33H67N3O2/c1-4-6-8-10-12-14-16-18-20-22-24-28-32(37)35-31(27-26-30-34-3)36-33(38)29-25-23-21-19-17-15-13-11-9-7-5-2/h31,34H,4-30H2,1-3H3,(H,35,37)(H,36,38). The van der Waals surface area contributed by atoms with Crippen LogP contribution >= 0.6 is 0 Å². The van der Waals surface area contributed by atoms with E-state index in [2.05, 4.69) is 29.8 Å². The summed E-state index contributed by atoms with van der Waals surface area (Å²) >= 11 is 0. The van der Waals surface area contributed by atoms with Gasteiger partial charge in [0.15, 0.2) is 0 Å². The van der Waals surface area contributed by atoms with E-state index in [1.54, 1.807) is 0 Å². The summed E-state index contributed by atoms with van der Waals surface area (Å²) in [5.74, 6) is 0.149. The first kappa shape index (κ1) is 36.9. The summed E-state index contributed by atoms with van der Waals surface area (Å²) in [4.78, 5) is 25.0. The van der Waals surface area contributed by atoms with Crippen molar-refractivity contribution in [3.8, 4) is 0 Å². The minimum atomic E-state index is -0.247. The van der Waals surface area contributed by atoms with Gasteiger partial charge in [0.2, 0.25) is 11.8 Å². The van der Waals surface area contributed by atoms with Gasteiger partial charge in [-0.05, 0) is 39.3 Å². The third-order valence-corrected chi connectivity index (χ3v) is 7.60. The van der Waals surface area contributed by atoms with Crippen molar-refractivity contribution in [2.75, 3.05) is 13.6 Å². The highest BCUT2D eigenvalue weighted by molar-refractivity contribution is 5.79. The number of carbonyl (C=O) groups is 2. The van der Waals surface area contributed by atoms with Crippen molar-refractivity contribution in [1.29, 1.82) is 0 Å². The lowest BCUT2D eigenvalue weighted by Crippen LogP contribution is -2.48. The maximum absolute atomic E-state index is 12.5. The highest BCUT2D eigenvalue weighted by Gasteiger charge is 2.14. The van der Waals surface area contributed by atoms with Crippen LogP contribution in [0.5, 0.6) is 0 Å². The zero-order valence-corrected chi connectivity index (χ0v) is 26.0. The molecule has 0 aromatic carbocycles. The molecule has 0 heterocycles. The predicted octanol–water partition coefficient (Wildman–Crippen LogP) is 8.95. The van der Waals surface area contributed by atoms with Gasteiger partial charge < -0.3 is 16.0 Å². The van der Waals surface area contributed by atoms with E-state index < -0.39 is 0 Å². The van der Waals surface area contributed by atoms with Crippen LogP contribution in [0.4, 0.5) is 0 Å². The summed E-state index contributed by atoms with van der Waals surface area (Å²) in [6, 6.07) is 0. The van der Waals surface area contributed by atoms with Gasteiger partial charge in [-0.3, -0.25) is 9.59 Å². The molecule has 0 saturated heterocycles. The summed E-state index contributed by atoms with van der Waals surface area (Å²) < 4.78 is 0. The lowest BCUT2D eigenvalue weighted by molar-refractivity contribution is -0.124. The SMILES string of the molecule is CCCCCCCCCCCCCC(=O)NC(CCCNC)NC(=O)CCCCCCCCCCCCC. The van der Waals surface area contributed by atoms with Gasteiger partial charge in [0.25, 0.3) is 0 Å². The van der Waals surface area contributed by atoms with Gasteiger partial charge in [0, 0.05) is 12.8 Å². The van der Waals surface area contributed by atoms with Gasteiger partial charge in [-0.25, -0.2) is 0 Å². The molecule has 5 heteroatoms. The fourth-order valence-electron chi connectivity index (χ4n) is 5.10. The van der Waals surface area contributed by atoms with Crippen LogP contribution in [-0.4, -0.2) is 31.6 Å². The molecular formula is C33H67N3O2. The summed E-state index contributed by atoms with van der Waals surface area (Å²) in [5.41, 5.74) is 0. The van der Waals surface area contributed by atoms with Crippen molar-refractivity contribution in [3.05, 3.63) is 0 Å². The summed E-state index contributed by atoms with van der Waals surface area (Å²) in [7, 11) is 1.94. The number of hydrogen-bond acceptors (Lipinski definition) is 3. The van der Waals surface area contributed by atoms with Crippen molar-refractivity contribution < 1.29 is 9.59 Å². The van der Waals surface area contributed by atoms with Crippen molar-refractivity contribution in [3.63, 3.8) is 0 Å². The molecule has 0 bridgehead atoms. The first-order valence-corrected chi connectivity index (χ1v) is 16.9. The molecule has 38 heavy (non-hydrogen) atoms. The molecule has 2 amide bonds. The minimum absolute atomic E-state index is 0.0744. The van der Waals surface area contributed by atoms with Gasteiger partial charge in [-0.2, -0.15) is 0 Å². The molecule has 0 unspecified atom stereocenters. The second-order valence-corrected chi connectivity index (χ2v) is 11.5. The molecule has 3 N–H and O–H groups in total. The first-order chi connectivity index (χ1) is 18.6. The molecular weight excluding hydrogens is 470 g/mol. The third kappa shape index (κ3) is 27.9. The first-order valence-electron chi connectivity index (χ1n) is 16.9. The largest absolute Gasteiger partial charge is 0.336 e. The van der Waals surface area contributed by atoms with Crippen molar-refractivity contribution in [1.82, 2.24) is 16.0 Å². The van der Waals surface area contributed by atoms with Crippen molar-refractivity contribution in [2.24, 2.45) is 0 Å². The number of hydrogen-bond donors (Lipinski definition) is 3. The van der Waals surface area contributed by atoms with Gasteiger partial charge in [-0.15, -0.1) is 0 Å². The van der Waals surface area contributed by atoms with Crippen LogP contribution in [0.25, 0.3) is 0 Å². The van der Waals surface area contributed by atoms with E-state index in [0.717, 1.165) is 45.1 Å². The molecule has 0 aliphatic rings. The molecule has 0 spiro atoms. The average molecular weight is 538 g/mol. The Morgan fingerprint density at radius 3 is 1.11 bits per heavy atom. The Kier molecular flexibility index (Phi) is 29.6. The van der Waals surface area contributed by atoms with Gasteiger partial charge in [0.05, 0.1) is 0 Å². The number of amides is 2. The number of nitrogens with one attached hydrogen (secondary N) is 3. The van der Waals surface area contributed by atoms with Crippen LogP contribution < -0.4 is 16.0 Å². The van der Waals surface area contributed by atoms with Crippen LogP contribution in [0, 0.1) is 0 Å². The molecule has 0 aromatic heterocycles. The van der Waals surface area contributed by atoms with Crippen molar-refractivity contribution in [2.45, 2.75) is 187 Å². The maximum atomic E-state index is 12.5. The Morgan fingerprint density at radius 2 is 0.789 bits per heavy atom. The van der Waals surface area contributed by atoms with E-state index in [-0.39, 0.29) is 18.0 Å². The number of carbonyl (C=O) groups excluding carboxylic acids is 2. The summed E-state index contributed by atoms with van der Waals surface area (Å²) in [5, 5.41) is 9.33. The molecule has 0 aliphatic heterocycles. The van der Waals surface area contributed by atoms with E-state index in [0.29, 0.717) is 12.8 Å². The zero-order chi connectivity index (χ0) is 27.9. The highest BCUT2D eigenvalue weighted by atomic mass is 16.2. The van der Waals surface area contributed by atoms with E-state index >= 15 is 0 Å². The zero-order valence-electron chi connectivity index (χ0n) is 26.0. The molecule has 0 atom stereocenters. The fourth-order valence-corrected chi connectivity index (χ4v) is 5.10. The highest BCUT2D eigenvalue weighted by Crippen LogP contribution is 2.13. The smallest absolute Gasteiger partial charge is 0.221 e. The lowest BCUT2D eigenvalue weighted by Gasteiger charge is -2.20. The van der Waals surface area contributed by atoms with Crippen LogP contribution in [0.3, 0.4) is 0 Å². The van der Waals surface area contributed by atoms with Crippen LogP contribution in [0.15, 0.2) is 0 Å². The van der Waals surface area contributed by atoms with E-state index in [1.807, 2.05) is 7.05 Å². The molecule has 0 fully saturated rings. The fraction of sp³-hybridized carbons (Fsp3) is 0.939. The Hall–Kier alpha value is -1.10. The molecule has 5 nitrogen and oxygen atoms in total. The lowest BCUT2D eigenvalue weighted by atomic mass is 10.0. The minimum Gasteiger partial charge on any atom is -0.336 e. The molecule has 0 saturated carbocycles. The van der Waals surface area contributed by atoms with E-state index in [4.69, 9.17) is 0 Å². The second-order valence-electron chi connectivity index (χ2n) is 11.5. The van der Waals surface area contributed by atoms with E-state index in [1.165, 1.54) is 116 Å². The van der Waals surface area contributed by atoms with Crippen LogP contribution in [0.1, 0.15) is 181 Å². The van der Waals surface area contributed by atoms with Crippen LogP contribution in [0.2, 0.25) is 0 Å². The summed E-state index contributed by atoms with van der Waals surface area (Å²) in [6.45, 7) is 5.42. The monoisotopic (exact) mass is 538 g/mol. The van der Waals surface area contributed by atoms with Gasteiger partial charge in [-0.1, -0.05) is 142 Å². The number of unbranched alkanes of at least 4 members (excludes halogenated alkanes) is 20. The molecule has 0 radical (unpaired) electrons. The Labute approximate surface area is 237 Å².